The molecule has 2 heterocycles. The van der Waals surface area contributed by atoms with E-state index in [1.165, 1.54) is 18.2 Å². The van der Waals surface area contributed by atoms with E-state index in [9.17, 15) is 22.8 Å². The molecule has 2 amide bonds. The zero-order valence-electron chi connectivity index (χ0n) is 10.7. The van der Waals surface area contributed by atoms with Crippen LogP contribution in [-0.2, 0) is 15.3 Å². The summed E-state index contributed by atoms with van der Waals surface area (Å²) in [5.74, 6) is -2.63. The van der Waals surface area contributed by atoms with Gasteiger partial charge < -0.3 is 5.32 Å². The largest absolute Gasteiger partial charge is 0.440 e. The molecular weight excluding hydrogens is 289 g/mol. The Bertz CT molecular complexity index is 767. The molecule has 0 aliphatic carbocycles. The van der Waals surface area contributed by atoms with E-state index in [4.69, 9.17) is 0 Å². The highest BCUT2D eigenvalue weighted by molar-refractivity contribution is 6.04. The lowest BCUT2D eigenvalue weighted by atomic mass is 10.1. The molecule has 0 saturated carbocycles. The van der Waals surface area contributed by atoms with E-state index in [0.29, 0.717) is 4.57 Å². The Kier molecular flexibility index (Phi) is 2.53. The van der Waals surface area contributed by atoms with E-state index in [-0.39, 0.29) is 17.0 Å². The zero-order valence-corrected chi connectivity index (χ0v) is 10.7. The average molecular weight is 298 g/mol. The third kappa shape index (κ3) is 1.63. The third-order valence-electron chi connectivity index (χ3n) is 3.22. The number of hydrogen-bond acceptors (Lipinski definition) is 3. The molecule has 0 saturated heterocycles. The number of nitrogens with one attached hydrogen (secondary N) is 2. The maximum atomic E-state index is 13.6. The fourth-order valence-corrected chi connectivity index (χ4v) is 2.44. The Morgan fingerprint density at radius 3 is 2.67 bits per heavy atom. The number of aromatic nitrogens is 2. The molecule has 1 aromatic heterocycles. The van der Waals surface area contributed by atoms with E-state index in [2.05, 4.69) is 10.3 Å². The molecule has 2 N–H and O–H groups in total. The van der Waals surface area contributed by atoms with Crippen molar-refractivity contribution in [1.29, 1.82) is 0 Å². The van der Waals surface area contributed by atoms with Gasteiger partial charge in [-0.1, -0.05) is 12.1 Å². The molecule has 3 rings (SSSR count). The average Bonchev–Trinajstić information content (AvgIpc) is 2.83. The smallest absolute Gasteiger partial charge is 0.318 e. The summed E-state index contributed by atoms with van der Waals surface area (Å²) in [5, 5.41) is 3.79. The summed E-state index contributed by atoms with van der Waals surface area (Å²) >= 11 is 0. The standard InChI is InChI=1S/C12H9F3N4O2/c1-6(20)18-11(12(13,14)15)9(21)17-10-16-7-4-2-3-5-8(7)19(10)11/h2-5H,1H3,(H,18,20)(H,16,17,21). The maximum absolute atomic E-state index is 13.6. The number of amides is 2. The number of imidazole rings is 1. The van der Waals surface area contributed by atoms with E-state index in [1.807, 2.05) is 0 Å². The molecule has 2 aromatic rings. The summed E-state index contributed by atoms with van der Waals surface area (Å²) in [7, 11) is 0. The minimum Gasteiger partial charge on any atom is -0.318 e. The monoisotopic (exact) mass is 298 g/mol. The molecule has 1 aliphatic rings. The van der Waals surface area contributed by atoms with Gasteiger partial charge in [0.2, 0.25) is 11.9 Å². The van der Waals surface area contributed by atoms with E-state index in [0.717, 1.165) is 6.92 Å². The van der Waals surface area contributed by atoms with Crippen LogP contribution in [0.25, 0.3) is 11.0 Å². The summed E-state index contributed by atoms with van der Waals surface area (Å²) in [6.07, 6.45) is -5.03. The number of benzene rings is 1. The molecule has 110 valence electrons. The molecule has 0 bridgehead atoms. The van der Waals surface area contributed by atoms with Gasteiger partial charge >= 0.3 is 6.18 Å². The van der Waals surface area contributed by atoms with Crippen LogP contribution in [0.2, 0.25) is 0 Å². The van der Waals surface area contributed by atoms with Gasteiger partial charge in [-0.3, -0.25) is 19.5 Å². The van der Waals surface area contributed by atoms with Gasteiger partial charge in [-0.15, -0.1) is 0 Å². The van der Waals surface area contributed by atoms with Crippen molar-refractivity contribution in [3.63, 3.8) is 0 Å². The van der Waals surface area contributed by atoms with Crippen LogP contribution in [0.3, 0.4) is 0 Å². The number of fused-ring (bicyclic) bond motifs is 3. The predicted octanol–water partition coefficient (Wildman–Crippen LogP) is 1.34. The summed E-state index contributed by atoms with van der Waals surface area (Å²) in [6.45, 7) is 0.915. The number of carbonyl (C=O) groups excluding carboxylic acids is 2. The second kappa shape index (κ2) is 3.96. The summed E-state index contributed by atoms with van der Waals surface area (Å²) in [5.41, 5.74) is -2.81. The summed E-state index contributed by atoms with van der Waals surface area (Å²) in [4.78, 5) is 27.1. The van der Waals surface area contributed by atoms with Crippen molar-refractivity contribution in [3.05, 3.63) is 24.3 Å². The minimum atomic E-state index is -5.03. The Balaban J connectivity index is 2.37. The van der Waals surface area contributed by atoms with Crippen molar-refractivity contribution in [1.82, 2.24) is 14.9 Å². The molecule has 0 radical (unpaired) electrons. The van der Waals surface area contributed by atoms with Crippen molar-refractivity contribution in [2.75, 3.05) is 5.32 Å². The highest BCUT2D eigenvalue weighted by atomic mass is 19.4. The summed E-state index contributed by atoms with van der Waals surface area (Å²) < 4.78 is 41.4. The first-order valence-corrected chi connectivity index (χ1v) is 5.92. The molecule has 9 heteroatoms. The van der Waals surface area contributed by atoms with Crippen LogP contribution in [0.1, 0.15) is 6.92 Å². The second-order valence-corrected chi connectivity index (χ2v) is 4.60. The van der Waals surface area contributed by atoms with Gasteiger partial charge in [0.15, 0.2) is 0 Å². The lowest BCUT2D eigenvalue weighted by Crippen LogP contribution is -2.63. The van der Waals surface area contributed by atoms with Crippen LogP contribution >= 0.6 is 0 Å². The van der Waals surface area contributed by atoms with Gasteiger partial charge in [0.05, 0.1) is 11.0 Å². The summed E-state index contributed by atoms with van der Waals surface area (Å²) in [6, 6.07) is 6.05. The van der Waals surface area contributed by atoms with Crippen LogP contribution in [-0.4, -0.2) is 27.5 Å². The highest BCUT2D eigenvalue weighted by Crippen LogP contribution is 2.43. The Hall–Kier alpha value is -2.58. The van der Waals surface area contributed by atoms with Crippen molar-refractivity contribution < 1.29 is 22.8 Å². The van der Waals surface area contributed by atoms with Gasteiger partial charge in [-0.25, -0.2) is 4.98 Å². The molecule has 1 atom stereocenters. The number of hydrogen-bond donors (Lipinski definition) is 2. The number of nitrogens with zero attached hydrogens (tertiary/aromatic N) is 2. The van der Waals surface area contributed by atoms with Crippen LogP contribution in [0.4, 0.5) is 19.1 Å². The molecule has 21 heavy (non-hydrogen) atoms. The van der Waals surface area contributed by atoms with Crippen molar-refractivity contribution in [2.45, 2.75) is 18.8 Å². The highest BCUT2D eigenvalue weighted by Gasteiger charge is 2.67. The van der Waals surface area contributed by atoms with Gasteiger partial charge in [0.1, 0.15) is 0 Å². The quantitative estimate of drug-likeness (QED) is 0.834. The first-order chi connectivity index (χ1) is 9.77. The van der Waals surface area contributed by atoms with Crippen LogP contribution in [0.15, 0.2) is 24.3 Å². The lowest BCUT2D eigenvalue weighted by Gasteiger charge is -2.31. The topological polar surface area (TPSA) is 76.0 Å². The van der Waals surface area contributed by atoms with Gasteiger partial charge in [-0.2, -0.15) is 13.2 Å². The molecule has 0 fully saturated rings. The van der Waals surface area contributed by atoms with Gasteiger partial charge in [0, 0.05) is 6.92 Å². The number of para-hydroxylation sites is 2. The van der Waals surface area contributed by atoms with Gasteiger partial charge in [0.25, 0.3) is 11.6 Å². The van der Waals surface area contributed by atoms with Crippen LogP contribution in [0.5, 0.6) is 0 Å². The molecule has 1 unspecified atom stereocenters. The maximum Gasteiger partial charge on any atom is 0.440 e. The van der Waals surface area contributed by atoms with Crippen LogP contribution in [0, 0.1) is 0 Å². The Morgan fingerprint density at radius 1 is 1.38 bits per heavy atom. The van der Waals surface area contributed by atoms with E-state index >= 15 is 0 Å². The van der Waals surface area contributed by atoms with E-state index < -0.39 is 23.7 Å². The molecule has 1 aromatic carbocycles. The van der Waals surface area contributed by atoms with Crippen molar-refractivity contribution in [2.24, 2.45) is 0 Å². The van der Waals surface area contributed by atoms with E-state index in [1.54, 1.807) is 11.4 Å². The fourth-order valence-electron chi connectivity index (χ4n) is 2.44. The van der Waals surface area contributed by atoms with Crippen molar-refractivity contribution >= 4 is 28.8 Å². The predicted molar refractivity (Wildman–Crippen MR) is 66.2 cm³/mol. The van der Waals surface area contributed by atoms with Crippen LogP contribution < -0.4 is 10.6 Å². The zero-order chi connectivity index (χ0) is 15.4. The fraction of sp³-hybridized carbons (Fsp3) is 0.250. The van der Waals surface area contributed by atoms with Crippen molar-refractivity contribution in [3.8, 4) is 0 Å². The first kappa shape index (κ1) is 13.4. The SMILES string of the molecule is CC(=O)NC1(C(F)(F)F)C(=O)Nc2nc3ccccc3n21. The lowest BCUT2D eigenvalue weighted by molar-refractivity contribution is -0.217. The number of carbonyl (C=O) groups is 2. The van der Waals surface area contributed by atoms with Gasteiger partial charge in [-0.05, 0) is 12.1 Å². The number of anilines is 1. The molecule has 0 spiro atoms. The number of halogens is 3. The second-order valence-electron chi connectivity index (χ2n) is 4.60. The first-order valence-electron chi connectivity index (χ1n) is 5.92. The molecule has 6 nitrogen and oxygen atoms in total. The normalized spacial score (nSPS) is 21.2. The number of rotatable bonds is 1. The Morgan fingerprint density at radius 2 is 2.05 bits per heavy atom. The molecule has 1 aliphatic heterocycles. The minimum absolute atomic E-state index is 0.0944. The Labute approximate surface area is 115 Å². The third-order valence-corrected chi connectivity index (χ3v) is 3.22. The molecular formula is C12H9F3N4O2. The number of alkyl halides is 3.